The first-order chi connectivity index (χ1) is 8.14. The predicted molar refractivity (Wildman–Crippen MR) is 55.8 cm³/mol. The number of halogens is 6. The van der Waals surface area contributed by atoms with E-state index >= 15 is 0 Å². The lowest BCUT2D eigenvalue weighted by Gasteiger charge is -2.17. The molecule has 18 heavy (non-hydrogen) atoms. The summed E-state index contributed by atoms with van der Waals surface area (Å²) in [6.45, 7) is -2.50. The molecule has 0 saturated carbocycles. The molecule has 1 aromatic carbocycles. The predicted octanol–water partition coefficient (Wildman–Crippen LogP) is 4.27. The van der Waals surface area contributed by atoms with Crippen molar-refractivity contribution in [2.45, 2.75) is 19.7 Å². The molecule has 0 aliphatic rings. The van der Waals surface area contributed by atoms with E-state index in [9.17, 15) is 26.7 Å². The number of carbonyl (C=O) groups excluding carboxylic acids is 1. The van der Waals surface area contributed by atoms with Crippen molar-refractivity contribution >= 4 is 21.7 Å². The van der Waals surface area contributed by atoms with Gasteiger partial charge in [-0.05, 0) is 19.1 Å². The molecule has 0 aliphatic carbocycles. The molecule has 8 heteroatoms. The van der Waals surface area contributed by atoms with Gasteiger partial charge in [0.2, 0.25) is 0 Å². The van der Waals surface area contributed by atoms with E-state index in [1.165, 1.54) is 0 Å². The molecular weight excluding hydrogens is 327 g/mol. The van der Waals surface area contributed by atoms with Gasteiger partial charge in [0.25, 0.3) is 0 Å². The molecule has 0 amide bonds. The number of benzene rings is 1. The molecule has 0 heterocycles. The summed E-state index contributed by atoms with van der Waals surface area (Å²) in [5, 5.41) is 0. The standard InChI is InChI=1S/C10H6BrF5O2/c1-4(17)5-2-3-6(11)7(10(14,15)16)8(5)18-9(12)13/h2-3,9H,1H3. The minimum atomic E-state index is -4.92. The van der Waals surface area contributed by atoms with Crippen molar-refractivity contribution in [3.05, 3.63) is 27.7 Å². The van der Waals surface area contributed by atoms with Crippen LogP contribution in [0.25, 0.3) is 0 Å². The fourth-order valence-electron chi connectivity index (χ4n) is 1.31. The maximum atomic E-state index is 12.7. The van der Waals surface area contributed by atoms with Crippen LogP contribution in [0.1, 0.15) is 22.8 Å². The zero-order chi connectivity index (χ0) is 14.1. The third-order valence-corrected chi connectivity index (χ3v) is 2.64. The number of hydrogen-bond acceptors (Lipinski definition) is 2. The summed E-state index contributed by atoms with van der Waals surface area (Å²) < 4.78 is 65.9. The molecule has 0 atom stereocenters. The van der Waals surface area contributed by atoms with Gasteiger partial charge in [-0.2, -0.15) is 22.0 Å². The Balaban J connectivity index is 3.55. The van der Waals surface area contributed by atoms with Gasteiger partial charge in [-0.15, -0.1) is 0 Å². The molecule has 100 valence electrons. The molecule has 0 N–H and O–H groups in total. The Bertz CT molecular complexity index is 470. The lowest BCUT2D eigenvalue weighted by Crippen LogP contribution is -2.15. The molecule has 2 nitrogen and oxygen atoms in total. The second kappa shape index (κ2) is 5.21. The fourth-order valence-corrected chi connectivity index (χ4v) is 1.85. The first kappa shape index (κ1) is 14.9. The third-order valence-electron chi connectivity index (χ3n) is 1.98. The van der Waals surface area contributed by atoms with E-state index in [4.69, 9.17) is 0 Å². The van der Waals surface area contributed by atoms with Crippen LogP contribution in [0.5, 0.6) is 5.75 Å². The first-order valence-corrected chi connectivity index (χ1v) is 5.29. The van der Waals surface area contributed by atoms with E-state index in [-0.39, 0.29) is 0 Å². The molecule has 0 spiro atoms. The van der Waals surface area contributed by atoms with Gasteiger partial charge >= 0.3 is 12.8 Å². The Kier molecular flexibility index (Phi) is 4.31. The van der Waals surface area contributed by atoms with Gasteiger partial charge < -0.3 is 4.74 Å². The number of hydrogen-bond donors (Lipinski definition) is 0. The monoisotopic (exact) mass is 332 g/mol. The molecule has 0 radical (unpaired) electrons. The maximum absolute atomic E-state index is 12.7. The first-order valence-electron chi connectivity index (χ1n) is 4.50. The van der Waals surface area contributed by atoms with E-state index in [0.717, 1.165) is 19.1 Å². The molecule has 0 saturated heterocycles. The van der Waals surface area contributed by atoms with Crippen LogP contribution in [-0.2, 0) is 6.18 Å². The lowest BCUT2D eigenvalue weighted by atomic mass is 10.1. The van der Waals surface area contributed by atoms with Crippen LogP contribution in [0.4, 0.5) is 22.0 Å². The van der Waals surface area contributed by atoms with Gasteiger partial charge in [-0.3, -0.25) is 4.79 Å². The van der Waals surface area contributed by atoms with Crippen LogP contribution in [0.15, 0.2) is 16.6 Å². The summed E-state index contributed by atoms with van der Waals surface area (Å²) in [7, 11) is 0. The van der Waals surface area contributed by atoms with Crippen molar-refractivity contribution in [3.63, 3.8) is 0 Å². The van der Waals surface area contributed by atoms with E-state index in [1.54, 1.807) is 0 Å². The van der Waals surface area contributed by atoms with E-state index in [2.05, 4.69) is 20.7 Å². The van der Waals surface area contributed by atoms with E-state index in [1.807, 2.05) is 0 Å². The van der Waals surface area contributed by atoms with Crippen molar-refractivity contribution in [2.75, 3.05) is 0 Å². The molecule has 1 rings (SSSR count). The molecule has 0 aliphatic heterocycles. The number of Topliss-reactive ketones (excluding diaryl/α,β-unsaturated/α-hetero) is 1. The average Bonchev–Trinajstić information content (AvgIpc) is 2.13. The zero-order valence-electron chi connectivity index (χ0n) is 8.82. The molecule has 0 fully saturated rings. The number of alkyl halides is 5. The number of ether oxygens (including phenoxy) is 1. The van der Waals surface area contributed by atoms with Crippen LogP contribution in [0.3, 0.4) is 0 Å². The number of ketones is 1. The van der Waals surface area contributed by atoms with Crippen molar-refractivity contribution in [1.82, 2.24) is 0 Å². The van der Waals surface area contributed by atoms with Gasteiger partial charge in [0.15, 0.2) is 5.78 Å². The van der Waals surface area contributed by atoms with Crippen molar-refractivity contribution < 1.29 is 31.5 Å². The van der Waals surface area contributed by atoms with Crippen LogP contribution < -0.4 is 4.74 Å². The highest BCUT2D eigenvalue weighted by molar-refractivity contribution is 9.10. The van der Waals surface area contributed by atoms with E-state index < -0.39 is 39.9 Å². The van der Waals surface area contributed by atoms with Crippen LogP contribution in [0.2, 0.25) is 0 Å². The van der Waals surface area contributed by atoms with Crippen molar-refractivity contribution in [2.24, 2.45) is 0 Å². The highest BCUT2D eigenvalue weighted by atomic mass is 79.9. The van der Waals surface area contributed by atoms with Crippen LogP contribution >= 0.6 is 15.9 Å². The van der Waals surface area contributed by atoms with Gasteiger partial charge in [0.05, 0.1) is 5.56 Å². The second-order valence-electron chi connectivity index (χ2n) is 3.23. The fraction of sp³-hybridized carbons (Fsp3) is 0.300. The summed E-state index contributed by atoms with van der Waals surface area (Å²) in [6.07, 6.45) is -4.92. The van der Waals surface area contributed by atoms with Gasteiger partial charge in [-0.25, -0.2) is 0 Å². The molecule has 0 aromatic heterocycles. The van der Waals surface area contributed by atoms with Crippen LogP contribution in [-0.4, -0.2) is 12.4 Å². The zero-order valence-corrected chi connectivity index (χ0v) is 10.4. The van der Waals surface area contributed by atoms with Gasteiger partial charge in [0.1, 0.15) is 11.3 Å². The Hall–Kier alpha value is -1.18. The Morgan fingerprint density at radius 1 is 1.33 bits per heavy atom. The molecule has 1 aromatic rings. The Labute approximate surface area is 107 Å². The summed E-state index contributed by atoms with van der Waals surface area (Å²) in [6, 6.07) is 1.94. The molecule has 0 bridgehead atoms. The van der Waals surface area contributed by atoms with Crippen LogP contribution in [0, 0.1) is 0 Å². The highest BCUT2D eigenvalue weighted by Crippen LogP contribution is 2.43. The quantitative estimate of drug-likeness (QED) is 0.610. The largest absolute Gasteiger partial charge is 0.433 e. The summed E-state index contributed by atoms with van der Waals surface area (Å²) in [5.74, 6) is -1.97. The van der Waals surface area contributed by atoms with Gasteiger partial charge in [-0.1, -0.05) is 15.9 Å². The van der Waals surface area contributed by atoms with E-state index in [0.29, 0.717) is 0 Å². The average molecular weight is 333 g/mol. The lowest BCUT2D eigenvalue weighted by molar-refractivity contribution is -0.142. The minimum absolute atomic E-state index is 0.476. The SMILES string of the molecule is CC(=O)c1ccc(Br)c(C(F)(F)F)c1OC(F)F. The Morgan fingerprint density at radius 2 is 1.89 bits per heavy atom. The summed E-state index contributed by atoms with van der Waals surface area (Å²) in [4.78, 5) is 11.1. The normalized spacial score (nSPS) is 11.8. The summed E-state index contributed by atoms with van der Waals surface area (Å²) >= 11 is 2.60. The van der Waals surface area contributed by atoms with Crippen molar-refractivity contribution in [3.8, 4) is 5.75 Å². The Morgan fingerprint density at radius 3 is 2.28 bits per heavy atom. The topological polar surface area (TPSA) is 26.3 Å². The highest BCUT2D eigenvalue weighted by Gasteiger charge is 2.39. The number of rotatable bonds is 3. The summed E-state index contributed by atoms with van der Waals surface area (Å²) in [5.41, 5.74) is -1.98. The van der Waals surface area contributed by atoms with Crippen molar-refractivity contribution in [1.29, 1.82) is 0 Å². The van der Waals surface area contributed by atoms with Gasteiger partial charge in [0, 0.05) is 4.47 Å². The molecular formula is C10H6BrF5O2. The molecule has 0 unspecified atom stereocenters. The third kappa shape index (κ3) is 3.18. The second-order valence-corrected chi connectivity index (χ2v) is 4.09. The number of carbonyl (C=O) groups is 1. The minimum Gasteiger partial charge on any atom is -0.433 e. The smallest absolute Gasteiger partial charge is 0.421 e. The maximum Gasteiger partial charge on any atom is 0.421 e.